The van der Waals surface area contributed by atoms with Gasteiger partial charge in [0.1, 0.15) is 0 Å². The first kappa shape index (κ1) is 14.9. The molecule has 0 spiro atoms. The fourth-order valence-corrected chi connectivity index (χ4v) is 3.79. The van der Waals surface area contributed by atoms with Crippen LogP contribution in [0.1, 0.15) is 18.9 Å². The van der Waals surface area contributed by atoms with Gasteiger partial charge in [0.2, 0.25) is 0 Å². The minimum atomic E-state index is -0.00329. The standard InChI is InChI=1S/C18H21IN2/c1-18(15-8-3-2-4-9-15)14-21(13-7-12-20-18)17-11-6-5-10-16(17)19/h2-6,8-11,20H,7,12-14H2,1H3. The van der Waals surface area contributed by atoms with Crippen LogP contribution in [-0.4, -0.2) is 19.6 Å². The van der Waals surface area contributed by atoms with Gasteiger partial charge in [-0.2, -0.15) is 0 Å². The molecular formula is C18H21IN2. The summed E-state index contributed by atoms with van der Waals surface area (Å²) in [5, 5.41) is 3.75. The normalized spacial score (nSPS) is 22.9. The molecule has 1 atom stereocenters. The van der Waals surface area contributed by atoms with Crippen molar-refractivity contribution in [3.8, 4) is 0 Å². The Morgan fingerprint density at radius 2 is 1.76 bits per heavy atom. The van der Waals surface area contributed by atoms with Crippen molar-refractivity contribution in [2.24, 2.45) is 0 Å². The van der Waals surface area contributed by atoms with Crippen LogP contribution in [0.25, 0.3) is 0 Å². The van der Waals surface area contributed by atoms with Gasteiger partial charge in [0.05, 0.1) is 11.2 Å². The molecule has 1 aliphatic rings. The highest BCUT2D eigenvalue weighted by Crippen LogP contribution is 2.29. The highest BCUT2D eigenvalue weighted by Gasteiger charge is 2.31. The second kappa shape index (κ2) is 6.36. The monoisotopic (exact) mass is 392 g/mol. The van der Waals surface area contributed by atoms with Crippen LogP contribution in [-0.2, 0) is 5.54 Å². The van der Waals surface area contributed by atoms with Gasteiger partial charge < -0.3 is 10.2 Å². The Balaban J connectivity index is 1.93. The molecule has 0 saturated carbocycles. The molecule has 2 aromatic rings. The number of hydrogen-bond donors (Lipinski definition) is 1. The Morgan fingerprint density at radius 3 is 2.52 bits per heavy atom. The summed E-state index contributed by atoms with van der Waals surface area (Å²) in [7, 11) is 0. The molecule has 1 fully saturated rings. The second-order valence-electron chi connectivity index (χ2n) is 5.85. The number of hydrogen-bond acceptors (Lipinski definition) is 2. The molecule has 0 amide bonds. The summed E-state index contributed by atoms with van der Waals surface area (Å²) in [6, 6.07) is 19.5. The highest BCUT2D eigenvalue weighted by atomic mass is 127. The minimum absolute atomic E-state index is 0.00329. The van der Waals surface area contributed by atoms with Crippen molar-refractivity contribution >= 4 is 28.3 Å². The van der Waals surface area contributed by atoms with Crippen LogP contribution in [0.2, 0.25) is 0 Å². The summed E-state index contributed by atoms with van der Waals surface area (Å²) in [6.45, 7) is 5.48. The van der Waals surface area contributed by atoms with E-state index >= 15 is 0 Å². The summed E-state index contributed by atoms with van der Waals surface area (Å²) in [5.74, 6) is 0. The van der Waals surface area contributed by atoms with Crippen molar-refractivity contribution in [3.05, 3.63) is 63.7 Å². The predicted molar refractivity (Wildman–Crippen MR) is 97.8 cm³/mol. The zero-order valence-electron chi connectivity index (χ0n) is 12.3. The SMILES string of the molecule is CC1(c2ccccc2)CN(c2ccccc2I)CCCN1. The van der Waals surface area contributed by atoms with Crippen LogP contribution in [0.5, 0.6) is 0 Å². The summed E-state index contributed by atoms with van der Waals surface area (Å²) < 4.78 is 1.33. The molecule has 1 N–H and O–H groups in total. The molecule has 110 valence electrons. The number of anilines is 1. The van der Waals surface area contributed by atoms with Gasteiger partial charge in [0, 0.05) is 16.7 Å². The first-order chi connectivity index (χ1) is 10.2. The van der Waals surface area contributed by atoms with E-state index in [4.69, 9.17) is 0 Å². The number of halogens is 1. The van der Waals surface area contributed by atoms with E-state index in [2.05, 4.69) is 94.3 Å². The number of benzene rings is 2. The smallest absolute Gasteiger partial charge is 0.0583 e. The zero-order chi connectivity index (χ0) is 14.7. The van der Waals surface area contributed by atoms with Crippen LogP contribution in [0.4, 0.5) is 5.69 Å². The average molecular weight is 392 g/mol. The van der Waals surface area contributed by atoms with Crippen LogP contribution in [0.3, 0.4) is 0 Å². The number of nitrogens with zero attached hydrogens (tertiary/aromatic N) is 1. The molecule has 0 radical (unpaired) electrons. The Kier molecular flexibility index (Phi) is 4.50. The third-order valence-electron chi connectivity index (χ3n) is 4.23. The predicted octanol–water partition coefficient (Wildman–Crippen LogP) is 4.01. The molecule has 1 aliphatic heterocycles. The number of rotatable bonds is 2. The van der Waals surface area contributed by atoms with E-state index in [-0.39, 0.29) is 5.54 Å². The molecule has 0 aromatic heterocycles. The zero-order valence-corrected chi connectivity index (χ0v) is 14.5. The van der Waals surface area contributed by atoms with Gasteiger partial charge in [0.15, 0.2) is 0 Å². The van der Waals surface area contributed by atoms with E-state index in [0.717, 1.165) is 19.6 Å². The quantitative estimate of drug-likeness (QED) is 0.778. The number of nitrogens with one attached hydrogen (secondary N) is 1. The molecule has 3 heteroatoms. The Bertz CT molecular complexity index is 599. The van der Waals surface area contributed by atoms with E-state index in [0.29, 0.717) is 0 Å². The molecule has 2 nitrogen and oxygen atoms in total. The van der Waals surface area contributed by atoms with Crippen molar-refractivity contribution in [3.63, 3.8) is 0 Å². The fourth-order valence-electron chi connectivity index (χ4n) is 3.06. The highest BCUT2D eigenvalue weighted by molar-refractivity contribution is 14.1. The van der Waals surface area contributed by atoms with Crippen molar-refractivity contribution in [1.29, 1.82) is 0 Å². The van der Waals surface area contributed by atoms with Gasteiger partial charge in [0.25, 0.3) is 0 Å². The third kappa shape index (κ3) is 3.24. The number of para-hydroxylation sites is 1. The lowest BCUT2D eigenvalue weighted by atomic mass is 9.91. The van der Waals surface area contributed by atoms with Crippen molar-refractivity contribution in [2.75, 3.05) is 24.5 Å². The Labute approximate surface area is 140 Å². The van der Waals surface area contributed by atoms with Crippen molar-refractivity contribution < 1.29 is 0 Å². The van der Waals surface area contributed by atoms with Crippen LogP contribution in [0.15, 0.2) is 54.6 Å². The van der Waals surface area contributed by atoms with Gasteiger partial charge in [-0.3, -0.25) is 0 Å². The second-order valence-corrected chi connectivity index (χ2v) is 7.01. The first-order valence-corrected chi connectivity index (χ1v) is 8.57. The molecule has 1 unspecified atom stereocenters. The maximum atomic E-state index is 3.75. The van der Waals surface area contributed by atoms with Gasteiger partial charge >= 0.3 is 0 Å². The molecule has 1 heterocycles. The largest absolute Gasteiger partial charge is 0.368 e. The molecule has 1 saturated heterocycles. The summed E-state index contributed by atoms with van der Waals surface area (Å²) in [5.41, 5.74) is 2.71. The van der Waals surface area contributed by atoms with E-state index in [1.807, 2.05) is 0 Å². The third-order valence-corrected chi connectivity index (χ3v) is 5.14. The van der Waals surface area contributed by atoms with Crippen molar-refractivity contribution in [2.45, 2.75) is 18.9 Å². The lowest BCUT2D eigenvalue weighted by Crippen LogP contribution is -2.46. The van der Waals surface area contributed by atoms with Crippen LogP contribution < -0.4 is 10.2 Å². The maximum absolute atomic E-state index is 3.75. The maximum Gasteiger partial charge on any atom is 0.0583 e. The topological polar surface area (TPSA) is 15.3 Å². The van der Waals surface area contributed by atoms with Gasteiger partial charge in [-0.25, -0.2) is 0 Å². The summed E-state index contributed by atoms with van der Waals surface area (Å²) in [6.07, 6.45) is 1.17. The van der Waals surface area contributed by atoms with Gasteiger partial charge in [-0.15, -0.1) is 0 Å². The van der Waals surface area contributed by atoms with E-state index in [1.165, 1.54) is 21.2 Å². The minimum Gasteiger partial charge on any atom is -0.368 e. The van der Waals surface area contributed by atoms with Gasteiger partial charge in [-0.1, -0.05) is 42.5 Å². The van der Waals surface area contributed by atoms with Crippen LogP contribution in [0, 0.1) is 3.57 Å². The van der Waals surface area contributed by atoms with Crippen LogP contribution >= 0.6 is 22.6 Å². The Hall–Kier alpha value is -1.07. The molecular weight excluding hydrogens is 371 g/mol. The molecule has 21 heavy (non-hydrogen) atoms. The Morgan fingerprint density at radius 1 is 1.05 bits per heavy atom. The summed E-state index contributed by atoms with van der Waals surface area (Å²) in [4.78, 5) is 2.52. The summed E-state index contributed by atoms with van der Waals surface area (Å²) >= 11 is 2.44. The molecule has 2 aromatic carbocycles. The lowest BCUT2D eigenvalue weighted by Gasteiger charge is -2.35. The molecule has 3 rings (SSSR count). The molecule has 0 bridgehead atoms. The van der Waals surface area contributed by atoms with E-state index in [9.17, 15) is 0 Å². The fraction of sp³-hybridized carbons (Fsp3) is 0.333. The first-order valence-electron chi connectivity index (χ1n) is 7.49. The van der Waals surface area contributed by atoms with E-state index in [1.54, 1.807) is 0 Å². The lowest BCUT2D eigenvalue weighted by molar-refractivity contribution is 0.392. The molecule has 0 aliphatic carbocycles. The van der Waals surface area contributed by atoms with Gasteiger partial charge in [-0.05, 0) is 60.2 Å². The average Bonchev–Trinajstić information content (AvgIpc) is 2.72. The van der Waals surface area contributed by atoms with Crippen molar-refractivity contribution in [1.82, 2.24) is 5.32 Å². The van der Waals surface area contributed by atoms with E-state index < -0.39 is 0 Å².